The molecule has 1 aliphatic heterocycles. The van der Waals surface area contributed by atoms with Crippen LogP contribution in [0.15, 0.2) is 24.0 Å². The molecule has 2 aromatic rings. The van der Waals surface area contributed by atoms with Crippen molar-refractivity contribution < 1.29 is 5.11 Å². The van der Waals surface area contributed by atoms with E-state index in [1.807, 2.05) is 0 Å². The molecule has 2 aromatic heterocycles. The molecular formula is C17H23N5OS. The van der Waals surface area contributed by atoms with Gasteiger partial charge in [0.2, 0.25) is 0 Å². The summed E-state index contributed by atoms with van der Waals surface area (Å²) in [4.78, 5) is 15.4. The van der Waals surface area contributed by atoms with Crippen molar-refractivity contribution in [1.82, 2.24) is 19.9 Å². The number of nitrogens with one attached hydrogen (secondary N) is 1. The number of aliphatic hydroxyl groups is 1. The molecule has 0 unspecified atom stereocenters. The Kier molecular flexibility index (Phi) is 4.47. The molecular weight excluding hydrogens is 322 g/mol. The SMILES string of the molecule is Cc1nc(CN2C[C@H]3C[C@@H](Nc4cnccn4)[C@H](O)C[C@H]3C2)cs1. The molecule has 1 saturated carbocycles. The number of hydrogen-bond acceptors (Lipinski definition) is 7. The maximum Gasteiger partial charge on any atom is 0.144 e. The molecule has 0 aromatic carbocycles. The Hall–Kier alpha value is -1.57. The van der Waals surface area contributed by atoms with Gasteiger partial charge in [-0.3, -0.25) is 9.88 Å². The molecule has 7 heteroatoms. The lowest BCUT2D eigenvalue weighted by Gasteiger charge is -2.35. The number of thiazole rings is 1. The second-order valence-electron chi connectivity index (χ2n) is 6.95. The first kappa shape index (κ1) is 15.9. The highest BCUT2D eigenvalue weighted by Crippen LogP contribution is 2.37. The van der Waals surface area contributed by atoms with Crippen LogP contribution in [0.3, 0.4) is 0 Å². The number of likely N-dealkylation sites (tertiary alicyclic amines) is 1. The van der Waals surface area contributed by atoms with Crippen LogP contribution in [0.1, 0.15) is 23.5 Å². The molecule has 4 atom stereocenters. The summed E-state index contributed by atoms with van der Waals surface area (Å²) in [5, 5.41) is 17.2. The van der Waals surface area contributed by atoms with Crippen molar-refractivity contribution in [3.8, 4) is 0 Å². The van der Waals surface area contributed by atoms with Crippen molar-refractivity contribution in [2.24, 2.45) is 11.8 Å². The second kappa shape index (κ2) is 6.74. The molecule has 0 bridgehead atoms. The number of aromatic nitrogens is 3. The van der Waals surface area contributed by atoms with E-state index < -0.39 is 0 Å². The number of hydrogen-bond donors (Lipinski definition) is 2. The van der Waals surface area contributed by atoms with Crippen molar-refractivity contribution in [3.05, 3.63) is 34.7 Å². The van der Waals surface area contributed by atoms with Gasteiger partial charge in [0, 0.05) is 37.4 Å². The van der Waals surface area contributed by atoms with Gasteiger partial charge in [-0.25, -0.2) is 9.97 Å². The lowest BCUT2D eigenvalue weighted by molar-refractivity contribution is 0.0735. The third-order valence-electron chi connectivity index (χ3n) is 5.17. The van der Waals surface area contributed by atoms with E-state index in [0.717, 1.165) is 43.3 Å². The van der Waals surface area contributed by atoms with Gasteiger partial charge in [0.25, 0.3) is 0 Å². The summed E-state index contributed by atoms with van der Waals surface area (Å²) in [6.45, 7) is 5.13. The molecule has 0 spiro atoms. The van der Waals surface area contributed by atoms with Gasteiger partial charge < -0.3 is 10.4 Å². The summed E-state index contributed by atoms with van der Waals surface area (Å²) in [5.41, 5.74) is 1.17. The van der Waals surface area contributed by atoms with Gasteiger partial charge in [0.1, 0.15) is 5.82 Å². The lowest BCUT2D eigenvalue weighted by Crippen LogP contribution is -2.43. The van der Waals surface area contributed by atoms with Crippen LogP contribution in [-0.4, -0.2) is 50.2 Å². The first-order chi connectivity index (χ1) is 11.7. The fraction of sp³-hybridized carbons (Fsp3) is 0.588. The largest absolute Gasteiger partial charge is 0.391 e. The quantitative estimate of drug-likeness (QED) is 0.882. The average Bonchev–Trinajstić information content (AvgIpc) is 3.14. The highest BCUT2D eigenvalue weighted by molar-refractivity contribution is 7.09. The summed E-state index contributed by atoms with van der Waals surface area (Å²) in [6, 6.07) is 0.0596. The standard InChI is InChI=1S/C17H23N5OS/c1-11-20-14(10-24-11)9-22-7-12-4-15(16(23)5-13(12)8-22)21-17-6-18-2-3-19-17/h2-3,6,10,12-13,15-16,23H,4-5,7-9H2,1H3,(H,19,21)/t12-,13+,15-,16-/m1/s1. The molecule has 0 amide bonds. The van der Waals surface area contributed by atoms with E-state index in [1.165, 1.54) is 5.69 Å². The summed E-state index contributed by atoms with van der Waals surface area (Å²) in [5.74, 6) is 1.95. The van der Waals surface area contributed by atoms with Gasteiger partial charge in [-0.2, -0.15) is 0 Å². The first-order valence-electron chi connectivity index (χ1n) is 8.51. The number of fused-ring (bicyclic) bond motifs is 1. The topological polar surface area (TPSA) is 74.2 Å². The summed E-state index contributed by atoms with van der Waals surface area (Å²) in [7, 11) is 0. The molecule has 2 N–H and O–H groups in total. The number of rotatable bonds is 4. The molecule has 6 nitrogen and oxygen atoms in total. The van der Waals surface area contributed by atoms with Gasteiger partial charge in [0.05, 0.1) is 29.0 Å². The molecule has 2 fully saturated rings. The Morgan fingerprint density at radius 3 is 2.83 bits per heavy atom. The van der Waals surface area contributed by atoms with Crippen molar-refractivity contribution in [2.45, 2.75) is 38.5 Å². The molecule has 0 radical (unpaired) electrons. The zero-order chi connectivity index (χ0) is 16.5. The van der Waals surface area contributed by atoms with E-state index in [-0.39, 0.29) is 12.1 Å². The normalized spacial score (nSPS) is 30.2. The van der Waals surface area contributed by atoms with Crippen LogP contribution in [0.5, 0.6) is 0 Å². The maximum atomic E-state index is 10.5. The summed E-state index contributed by atoms with van der Waals surface area (Å²) in [6.07, 6.45) is 6.56. The number of anilines is 1. The van der Waals surface area contributed by atoms with Gasteiger partial charge in [-0.1, -0.05) is 0 Å². The Bertz CT molecular complexity index is 679. The van der Waals surface area contributed by atoms with Crippen LogP contribution in [0.2, 0.25) is 0 Å². The van der Waals surface area contributed by atoms with Gasteiger partial charge in [-0.15, -0.1) is 11.3 Å². The molecule has 1 aliphatic carbocycles. The Labute approximate surface area is 146 Å². The van der Waals surface area contributed by atoms with Crippen molar-refractivity contribution in [1.29, 1.82) is 0 Å². The van der Waals surface area contributed by atoms with E-state index in [4.69, 9.17) is 0 Å². The fourth-order valence-corrected chi connectivity index (χ4v) is 4.69. The van der Waals surface area contributed by atoms with Crippen LogP contribution >= 0.6 is 11.3 Å². The maximum absolute atomic E-state index is 10.5. The third kappa shape index (κ3) is 3.43. The van der Waals surface area contributed by atoms with Gasteiger partial charge in [0.15, 0.2) is 0 Å². The number of aryl methyl sites for hydroxylation is 1. The molecule has 128 valence electrons. The minimum absolute atomic E-state index is 0.0596. The fourth-order valence-electron chi connectivity index (χ4n) is 4.09. The molecule has 2 aliphatic rings. The minimum Gasteiger partial charge on any atom is -0.391 e. The molecule has 3 heterocycles. The number of nitrogens with zero attached hydrogens (tertiary/aromatic N) is 4. The van der Waals surface area contributed by atoms with Crippen molar-refractivity contribution in [2.75, 3.05) is 18.4 Å². The third-order valence-corrected chi connectivity index (χ3v) is 5.99. The van der Waals surface area contributed by atoms with E-state index in [2.05, 4.69) is 37.5 Å². The Morgan fingerprint density at radius 1 is 1.29 bits per heavy atom. The van der Waals surface area contributed by atoms with E-state index in [9.17, 15) is 5.11 Å². The molecule has 4 rings (SSSR count). The van der Waals surface area contributed by atoms with Crippen molar-refractivity contribution >= 4 is 17.2 Å². The van der Waals surface area contributed by atoms with Crippen LogP contribution in [0, 0.1) is 18.8 Å². The minimum atomic E-state index is -0.324. The molecule has 24 heavy (non-hydrogen) atoms. The Balaban J connectivity index is 1.37. The zero-order valence-electron chi connectivity index (χ0n) is 13.8. The van der Waals surface area contributed by atoms with Crippen LogP contribution in [-0.2, 0) is 6.54 Å². The zero-order valence-corrected chi connectivity index (χ0v) is 14.6. The predicted molar refractivity (Wildman–Crippen MR) is 93.8 cm³/mol. The van der Waals surface area contributed by atoms with Gasteiger partial charge in [-0.05, 0) is 31.6 Å². The highest BCUT2D eigenvalue weighted by atomic mass is 32.1. The van der Waals surface area contributed by atoms with Crippen molar-refractivity contribution in [3.63, 3.8) is 0 Å². The van der Waals surface area contributed by atoms with Crippen LogP contribution in [0.4, 0.5) is 5.82 Å². The van der Waals surface area contributed by atoms with Crippen LogP contribution in [0.25, 0.3) is 0 Å². The number of aliphatic hydroxyl groups excluding tert-OH is 1. The highest BCUT2D eigenvalue weighted by Gasteiger charge is 2.41. The lowest BCUT2D eigenvalue weighted by atomic mass is 9.77. The summed E-state index contributed by atoms with van der Waals surface area (Å²) < 4.78 is 0. The second-order valence-corrected chi connectivity index (χ2v) is 8.01. The van der Waals surface area contributed by atoms with E-state index in [0.29, 0.717) is 11.8 Å². The first-order valence-corrected chi connectivity index (χ1v) is 9.39. The van der Waals surface area contributed by atoms with E-state index >= 15 is 0 Å². The predicted octanol–water partition coefficient (Wildman–Crippen LogP) is 1.92. The monoisotopic (exact) mass is 345 g/mol. The van der Waals surface area contributed by atoms with Gasteiger partial charge >= 0.3 is 0 Å². The average molecular weight is 345 g/mol. The smallest absolute Gasteiger partial charge is 0.144 e. The summed E-state index contributed by atoms with van der Waals surface area (Å²) >= 11 is 1.71. The molecule has 1 saturated heterocycles. The Morgan fingerprint density at radius 2 is 2.12 bits per heavy atom. The van der Waals surface area contributed by atoms with E-state index in [1.54, 1.807) is 29.9 Å². The van der Waals surface area contributed by atoms with Crippen LogP contribution < -0.4 is 5.32 Å².